The second-order valence-electron chi connectivity index (χ2n) is 7.05. The average molecular weight is 404 g/mol. The normalized spacial score (nSPS) is 15.4. The molecule has 1 fully saturated rings. The molecule has 6 heteroatoms. The number of nitrogens with zero attached hydrogens (tertiary/aromatic N) is 1. The van der Waals surface area contributed by atoms with Crippen LogP contribution in [-0.2, 0) is 6.54 Å². The molecular weight excluding hydrogens is 383 g/mol. The molecule has 3 aromatic rings. The summed E-state index contributed by atoms with van der Waals surface area (Å²) in [4.78, 5) is 15.7. The van der Waals surface area contributed by atoms with Crippen LogP contribution < -0.4 is 15.4 Å². The van der Waals surface area contributed by atoms with E-state index in [1.165, 1.54) is 4.90 Å². The third-order valence-electron chi connectivity index (χ3n) is 5.21. The molecule has 1 N–H and O–H groups in total. The fourth-order valence-electron chi connectivity index (χ4n) is 3.71. The third kappa shape index (κ3) is 3.84. The van der Waals surface area contributed by atoms with E-state index in [9.17, 15) is 4.79 Å². The Morgan fingerprint density at radius 1 is 1.07 bits per heavy atom. The molecule has 27 heavy (non-hydrogen) atoms. The van der Waals surface area contributed by atoms with E-state index in [1.807, 2.05) is 37.3 Å². The van der Waals surface area contributed by atoms with Crippen LogP contribution in [-0.4, -0.2) is 26.2 Å². The molecule has 2 aromatic carbocycles. The van der Waals surface area contributed by atoms with Crippen molar-refractivity contribution in [2.45, 2.75) is 13.5 Å². The van der Waals surface area contributed by atoms with Crippen LogP contribution in [0.3, 0.4) is 0 Å². The van der Waals surface area contributed by atoms with Gasteiger partial charge in [0.05, 0.1) is 36.9 Å². The molecule has 1 aliphatic rings. The Morgan fingerprint density at radius 3 is 2.56 bits per heavy atom. The summed E-state index contributed by atoms with van der Waals surface area (Å²) >= 11 is 12.6. The van der Waals surface area contributed by atoms with Gasteiger partial charge in [-0.3, -0.25) is 0 Å². The van der Waals surface area contributed by atoms with Crippen molar-refractivity contribution in [1.29, 1.82) is 0 Å². The van der Waals surface area contributed by atoms with Crippen LogP contribution in [0.4, 0.5) is 5.69 Å². The molecule has 1 saturated heterocycles. The van der Waals surface area contributed by atoms with E-state index in [4.69, 9.17) is 27.6 Å². The Labute approximate surface area is 167 Å². The zero-order valence-electron chi connectivity index (χ0n) is 15.1. The van der Waals surface area contributed by atoms with E-state index >= 15 is 0 Å². The summed E-state index contributed by atoms with van der Waals surface area (Å²) in [6.07, 6.45) is 0. The number of piperazine rings is 1. The number of fused-ring (bicyclic) bond motifs is 1. The van der Waals surface area contributed by atoms with Crippen LogP contribution >= 0.6 is 23.2 Å². The summed E-state index contributed by atoms with van der Waals surface area (Å²) < 4.78 is 5.37. The molecule has 1 aromatic heterocycles. The zero-order chi connectivity index (χ0) is 19.0. The number of quaternary nitrogens is 1. The van der Waals surface area contributed by atoms with E-state index < -0.39 is 0 Å². The Kier molecular flexibility index (Phi) is 5.13. The van der Waals surface area contributed by atoms with Gasteiger partial charge in [0.1, 0.15) is 12.1 Å². The molecule has 0 aliphatic carbocycles. The van der Waals surface area contributed by atoms with Crippen molar-refractivity contribution in [2.75, 3.05) is 31.1 Å². The van der Waals surface area contributed by atoms with Gasteiger partial charge in [-0.05, 0) is 36.8 Å². The van der Waals surface area contributed by atoms with Gasteiger partial charge in [0, 0.05) is 22.0 Å². The predicted octanol–water partition coefficient (Wildman–Crippen LogP) is 3.31. The molecular formula is C21H21Cl2N2O2+. The van der Waals surface area contributed by atoms with Gasteiger partial charge >= 0.3 is 5.63 Å². The van der Waals surface area contributed by atoms with Crippen molar-refractivity contribution in [1.82, 2.24) is 0 Å². The standard InChI is InChI=1S/C21H20Cl2N2O2/c1-14-10-20-16(12-18(14)23)15(11-21(26)27-20)13-24-6-8-25(9-7-24)19-5-3-2-4-17(19)22/h2-5,10-12H,6-9,13H2,1H3/p+1. The Bertz CT molecular complexity index is 1040. The first-order valence-corrected chi connectivity index (χ1v) is 9.83. The summed E-state index contributed by atoms with van der Waals surface area (Å²) in [5.74, 6) is 0. The molecule has 0 saturated carbocycles. The molecule has 140 valence electrons. The Morgan fingerprint density at radius 2 is 1.81 bits per heavy atom. The van der Waals surface area contributed by atoms with Crippen LogP contribution in [0.25, 0.3) is 11.0 Å². The monoisotopic (exact) mass is 403 g/mol. The number of rotatable bonds is 3. The van der Waals surface area contributed by atoms with Crippen molar-refractivity contribution in [3.05, 3.63) is 74.1 Å². The maximum Gasteiger partial charge on any atom is 0.336 e. The van der Waals surface area contributed by atoms with Gasteiger partial charge in [-0.25, -0.2) is 4.79 Å². The molecule has 4 rings (SSSR count). The van der Waals surface area contributed by atoms with Gasteiger partial charge in [0.25, 0.3) is 0 Å². The van der Waals surface area contributed by atoms with Crippen molar-refractivity contribution in [2.24, 2.45) is 0 Å². The molecule has 4 nitrogen and oxygen atoms in total. The van der Waals surface area contributed by atoms with Gasteiger partial charge in [-0.15, -0.1) is 0 Å². The summed E-state index contributed by atoms with van der Waals surface area (Å²) in [5, 5.41) is 2.40. The Balaban J connectivity index is 1.53. The van der Waals surface area contributed by atoms with Crippen LogP contribution in [0.2, 0.25) is 10.0 Å². The number of hydrogen-bond donors (Lipinski definition) is 1. The number of aryl methyl sites for hydroxylation is 1. The quantitative estimate of drug-likeness (QED) is 0.681. The van der Waals surface area contributed by atoms with Crippen molar-refractivity contribution >= 4 is 39.9 Å². The highest BCUT2D eigenvalue weighted by Gasteiger charge is 2.23. The minimum atomic E-state index is -0.312. The first-order chi connectivity index (χ1) is 13.0. The fourth-order valence-corrected chi connectivity index (χ4v) is 4.13. The van der Waals surface area contributed by atoms with Gasteiger partial charge in [0.2, 0.25) is 0 Å². The molecule has 2 heterocycles. The number of benzene rings is 2. The smallest absolute Gasteiger partial charge is 0.336 e. The molecule has 1 aliphatic heterocycles. The van der Waals surface area contributed by atoms with Crippen molar-refractivity contribution in [3.63, 3.8) is 0 Å². The number of para-hydroxylation sites is 1. The summed E-state index contributed by atoms with van der Waals surface area (Å²) in [5.41, 5.74) is 3.28. The first kappa shape index (κ1) is 18.4. The zero-order valence-corrected chi connectivity index (χ0v) is 16.6. The van der Waals surface area contributed by atoms with Gasteiger partial charge in [-0.2, -0.15) is 0 Å². The lowest BCUT2D eigenvalue weighted by Gasteiger charge is -2.34. The van der Waals surface area contributed by atoms with Crippen molar-refractivity contribution < 1.29 is 9.32 Å². The van der Waals surface area contributed by atoms with E-state index in [1.54, 1.807) is 6.07 Å². The minimum absolute atomic E-state index is 0.312. The highest BCUT2D eigenvalue weighted by molar-refractivity contribution is 6.33. The highest BCUT2D eigenvalue weighted by Crippen LogP contribution is 2.26. The molecule has 0 unspecified atom stereocenters. The molecule has 0 radical (unpaired) electrons. The van der Waals surface area contributed by atoms with Crippen LogP contribution in [0.15, 0.2) is 51.7 Å². The molecule has 0 bridgehead atoms. The summed E-state index contributed by atoms with van der Waals surface area (Å²) in [7, 11) is 0. The van der Waals surface area contributed by atoms with Crippen LogP contribution in [0.5, 0.6) is 0 Å². The van der Waals surface area contributed by atoms with Crippen LogP contribution in [0.1, 0.15) is 11.1 Å². The maximum atomic E-state index is 12.0. The largest absolute Gasteiger partial charge is 0.423 e. The first-order valence-electron chi connectivity index (χ1n) is 9.07. The van der Waals surface area contributed by atoms with Gasteiger partial charge in [-0.1, -0.05) is 35.3 Å². The minimum Gasteiger partial charge on any atom is -0.423 e. The van der Waals surface area contributed by atoms with Gasteiger partial charge in [0.15, 0.2) is 0 Å². The summed E-state index contributed by atoms with van der Waals surface area (Å²) in [6.45, 7) is 6.50. The maximum absolute atomic E-state index is 12.0. The lowest BCUT2D eigenvalue weighted by Crippen LogP contribution is -3.13. The number of hydrogen-bond acceptors (Lipinski definition) is 3. The molecule has 0 spiro atoms. The van der Waals surface area contributed by atoms with Crippen LogP contribution in [0, 0.1) is 6.92 Å². The van der Waals surface area contributed by atoms with E-state index in [-0.39, 0.29) is 5.63 Å². The SMILES string of the molecule is Cc1cc2oc(=O)cc(C[NH+]3CCN(c4ccccc4Cl)CC3)c2cc1Cl. The van der Waals surface area contributed by atoms with Gasteiger partial charge < -0.3 is 14.2 Å². The lowest BCUT2D eigenvalue weighted by atomic mass is 10.1. The number of nitrogens with one attached hydrogen (secondary N) is 1. The molecule has 0 atom stereocenters. The predicted molar refractivity (Wildman–Crippen MR) is 110 cm³/mol. The molecule has 0 amide bonds. The van der Waals surface area contributed by atoms with Crippen molar-refractivity contribution in [3.8, 4) is 0 Å². The third-order valence-corrected chi connectivity index (χ3v) is 5.94. The summed E-state index contributed by atoms with van der Waals surface area (Å²) in [6, 6.07) is 13.3. The lowest BCUT2D eigenvalue weighted by molar-refractivity contribution is -0.914. The topological polar surface area (TPSA) is 37.9 Å². The van der Waals surface area contributed by atoms with E-state index in [0.717, 1.165) is 59.9 Å². The highest BCUT2D eigenvalue weighted by atomic mass is 35.5. The second kappa shape index (κ2) is 7.55. The van der Waals surface area contributed by atoms with E-state index in [0.29, 0.717) is 10.6 Å². The Hall–Kier alpha value is -2.01. The number of halogens is 2. The second-order valence-corrected chi connectivity index (χ2v) is 7.87. The van der Waals surface area contributed by atoms with E-state index in [2.05, 4.69) is 11.0 Å². The fraction of sp³-hybridized carbons (Fsp3) is 0.286. The number of anilines is 1. The average Bonchev–Trinajstić information content (AvgIpc) is 2.64.